The van der Waals surface area contributed by atoms with E-state index >= 15 is 0 Å². The second kappa shape index (κ2) is 30.9. The van der Waals surface area contributed by atoms with E-state index in [-0.39, 0.29) is 54.5 Å². The van der Waals surface area contributed by atoms with E-state index in [0.717, 1.165) is 28.6 Å². The van der Waals surface area contributed by atoms with E-state index in [4.69, 9.17) is 37.9 Å². The molecule has 0 saturated heterocycles. The molecule has 0 atom stereocenters. The van der Waals surface area contributed by atoms with Gasteiger partial charge in [0, 0.05) is 80.9 Å². The minimum absolute atomic E-state index is 0. The highest BCUT2D eigenvalue weighted by Gasteiger charge is 2.30. The van der Waals surface area contributed by atoms with Gasteiger partial charge in [-0.1, -0.05) is 48.6 Å². The number of nitrogens with one attached hydrogen (secondary N) is 1. The summed E-state index contributed by atoms with van der Waals surface area (Å²) in [5, 5.41) is 12.9. The molecule has 10 nitrogen and oxygen atoms in total. The number of hydrogen-bond donors (Lipinski definition) is 2. The molecule has 7 rings (SSSR count). The Bertz CT molecular complexity index is 2400. The number of aliphatic hydroxyl groups is 1. The first-order valence-electron chi connectivity index (χ1n) is 19.4. The van der Waals surface area contributed by atoms with Crippen molar-refractivity contribution in [1.82, 2.24) is 15.0 Å². The molecule has 27 heteroatoms. The summed E-state index contributed by atoms with van der Waals surface area (Å²) in [4.78, 5) is 17.4. The first kappa shape index (κ1) is 64.1. The van der Waals surface area contributed by atoms with Gasteiger partial charge in [0.15, 0.2) is 19.8 Å². The molecule has 0 radical (unpaired) electrons. The molecule has 386 valence electrons. The molecule has 2 N–H and O–H groups in total. The van der Waals surface area contributed by atoms with Crippen molar-refractivity contribution >= 4 is 112 Å². The lowest BCUT2D eigenvalue weighted by atomic mass is 10.2. The maximum atomic E-state index is 12.3. The Balaban J connectivity index is 0.000000469. The van der Waals surface area contributed by atoms with Gasteiger partial charge in [0.2, 0.25) is 9.23 Å². The Labute approximate surface area is 435 Å². The molecule has 5 aromatic rings. The molecule has 2 aliphatic heterocycles. The van der Waals surface area contributed by atoms with Gasteiger partial charge >= 0.3 is 18.5 Å². The van der Waals surface area contributed by atoms with Crippen LogP contribution >= 0.6 is 81.8 Å². The van der Waals surface area contributed by atoms with Gasteiger partial charge < -0.3 is 24.6 Å². The molecular weight excluding hydrogens is 1110 g/mol. The Kier molecular flexibility index (Phi) is 28.3. The summed E-state index contributed by atoms with van der Waals surface area (Å²) in [6.07, 6.45) is -7.23. The highest BCUT2D eigenvalue weighted by Crippen LogP contribution is 2.33. The van der Waals surface area contributed by atoms with E-state index in [0.29, 0.717) is 39.5 Å². The Morgan fingerprint density at radius 3 is 1.53 bits per heavy atom. The molecule has 3 aromatic heterocycles. The van der Waals surface area contributed by atoms with Crippen LogP contribution in [0.3, 0.4) is 0 Å². The summed E-state index contributed by atoms with van der Waals surface area (Å²) in [7, 11) is 7.36. The number of pyridine rings is 3. The number of fused-ring (bicyclic) bond motifs is 2. The smallest absolute Gasteiger partial charge is 0.422 e. The third kappa shape index (κ3) is 24.0. The predicted molar refractivity (Wildman–Crippen MR) is 266 cm³/mol. The van der Waals surface area contributed by atoms with Crippen LogP contribution in [0, 0.1) is 20.8 Å². The molecular formula is C43H43Cl5F9N5O5S3. The van der Waals surface area contributed by atoms with Gasteiger partial charge in [-0.15, -0.1) is 48.2 Å². The third-order valence-corrected chi connectivity index (χ3v) is 10.3. The average molecular weight is 1150 g/mol. The number of aliphatic imine (C=N–C) groups is 1. The molecule has 5 heterocycles. The standard InChI is InChI=1S/C17H15F3N2OS.C9H9ClF3NO.C9H10F3NO2.C8H7NS.Cl2OS.2ClH/c1-11-14(21-7-6-15(11)23-10-17(18,19)20)9-24-16-8-12-4-2-3-5-13(12)22-16;1-6-7(4-10)14-3-2-8(6)15-5-9(11,12)13;1-6-7(4-14)13-3-2-8(6)15-5-9(10,11)12;10-8-5-6-3-1-2-4-7(6)9-8;1-4(2)3;;/h2-7H,8-10H2,1H3;2-3H,4-5H2,1H3;2-3,14H,4-5H2,1H3;1-4H,5H2,(H,9,10);;2*1H. The fourth-order valence-electron chi connectivity index (χ4n) is 5.57. The first-order chi connectivity index (χ1) is 31.9. The van der Waals surface area contributed by atoms with Crippen LogP contribution in [0.2, 0.25) is 0 Å². The van der Waals surface area contributed by atoms with E-state index < -0.39 is 47.6 Å². The molecule has 2 aliphatic rings. The number of halogens is 14. The molecule has 2 aromatic carbocycles. The summed E-state index contributed by atoms with van der Waals surface area (Å²) in [5.74, 6) is 1.16. The number of hydrogen-bond acceptors (Lipinski definition) is 11. The van der Waals surface area contributed by atoms with Crippen molar-refractivity contribution in [2.24, 2.45) is 4.99 Å². The highest BCUT2D eigenvalue weighted by atomic mass is 36.0. The monoisotopic (exact) mass is 1150 g/mol. The van der Waals surface area contributed by atoms with Crippen LogP contribution in [0.1, 0.15) is 44.9 Å². The van der Waals surface area contributed by atoms with E-state index in [1.54, 1.807) is 32.5 Å². The van der Waals surface area contributed by atoms with E-state index in [1.165, 1.54) is 53.6 Å². The summed E-state index contributed by atoms with van der Waals surface area (Å²) < 4.78 is 131. The minimum atomic E-state index is -4.37. The van der Waals surface area contributed by atoms with Gasteiger partial charge in [-0.3, -0.25) is 15.0 Å². The largest absolute Gasteiger partial charge is 0.484 e. The Hall–Kier alpha value is -3.87. The normalized spacial score (nSPS) is 12.2. The van der Waals surface area contributed by atoms with Crippen molar-refractivity contribution in [3.05, 3.63) is 130 Å². The molecule has 0 fully saturated rings. The third-order valence-electron chi connectivity index (χ3n) is 8.82. The lowest BCUT2D eigenvalue weighted by Gasteiger charge is -2.13. The van der Waals surface area contributed by atoms with Crippen molar-refractivity contribution in [3.63, 3.8) is 0 Å². The van der Waals surface area contributed by atoms with E-state index in [2.05, 4.69) is 68.2 Å². The van der Waals surface area contributed by atoms with Gasteiger partial charge in [0.05, 0.1) is 45.3 Å². The lowest BCUT2D eigenvalue weighted by molar-refractivity contribution is -0.154. The lowest BCUT2D eigenvalue weighted by Crippen LogP contribution is -2.19. The molecule has 0 amide bonds. The maximum absolute atomic E-state index is 12.3. The van der Waals surface area contributed by atoms with Crippen LogP contribution in [0.25, 0.3) is 0 Å². The maximum Gasteiger partial charge on any atom is 0.422 e. The Morgan fingerprint density at radius 2 is 1.09 bits per heavy atom. The number of rotatable bonds is 10. The minimum Gasteiger partial charge on any atom is -0.484 e. The molecule has 0 aliphatic carbocycles. The number of aromatic nitrogens is 3. The quantitative estimate of drug-likeness (QED) is 0.0600. The summed E-state index contributed by atoms with van der Waals surface area (Å²) in [6.45, 7) is 0.615. The van der Waals surface area contributed by atoms with Crippen LogP contribution < -0.4 is 19.5 Å². The van der Waals surface area contributed by atoms with E-state index in [9.17, 15) is 39.5 Å². The molecule has 70 heavy (non-hydrogen) atoms. The van der Waals surface area contributed by atoms with Crippen LogP contribution in [-0.2, 0) is 40.3 Å². The van der Waals surface area contributed by atoms with E-state index in [1.807, 2.05) is 36.4 Å². The van der Waals surface area contributed by atoms with Crippen LogP contribution in [0.5, 0.6) is 17.2 Å². The summed E-state index contributed by atoms with van der Waals surface area (Å²) in [6, 6.07) is 20.3. The predicted octanol–water partition coefficient (Wildman–Crippen LogP) is 13.6. The number of thiocarbonyl (C=S) groups is 1. The topological polar surface area (TPSA) is 128 Å². The van der Waals surface area contributed by atoms with Crippen molar-refractivity contribution in [2.45, 2.75) is 70.4 Å². The summed E-state index contributed by atoms with van der Waals surface area (Å²) in [5.41, 5.74) is 7.79. The van der Waals surface area contributed by atoms with Gasteiger partial charge in [0.1, 0.15) is 17.2 Å². The van der Waals surface area contributed by atoms with Gasteiger partial charge in [-0.05, 0) is 62.2 Å². The SMILES string of the molecule is Cc1c(OCC(F)(F)F)ccnc1CCl.Cc1c(OCC(F)(F)F)ccnc1CO.Cc1c(OCC(F)(F)F)ccnc1CSC1=Nc2ccccc2C1.Cl.Cl.O=S(Cl)Cl.S=C1Cc2ccccc2N1. The fourth-order valence-corrected chi connectivity index (χ4v) is 7.12. The molecule has 0 spiro atoms. The fraction of sp³-hybridized carbons (Fsp3) is 0.326. The van der Waals surface area contributed by atoms with Gasteiger partial charge in [-0.2, -0.15) is 39.5 Å². The van der Waals surface area contributed by atoms with Crippen molar-refractivity contribution < 1.29 is 63.0 Å². The van der Waals surface area contributed by atoms with Crippen LogP contribution in [0.4, 0.5) is 50.9 Å². The number of benzene rings is 2. The van der Waals surface area contributed by atoms with Crippen molar-refractivity contribution in [3.8, 4) is 17.2 Å². The summed E-state index contributed by atoms with van der Waals surface area (Å²) >= 11 is 12.1. The van der Waals surface area contributed by atoms with Crippen LogP contribution in [0.15, 0.2) is 90.3 Å². The zero-order valence-electron chi connectivity index (χ0n) is 36.7. The first-order valence-corrected chi connectivity index (χ1v) is 24.1. The number of ether oxygens (including phenoxy) is 3. The number of para-hydroxylation sites is 2. The highest BCUT2D eigenvalue weighted by molar-refractivity contribution is 8.26. The van der Waals surface area contributed by atoms with Crippen LogP contribution in [-0.4, -0.2) is 72.6 Å². The molecule has 0 unspecified atom stereocenters. The second-order valence-corrected chi connectivity index (χ2v) is 18.1. The zero-order chi connectivity index (χ0) is 50.7. The second-order valence-electron chi connectivity index (χ2n) is 13.8. The van der Waals surface area contributed by atoms with Crippen molar-refractivity contribution in [1.29, 1.82) is 0 Å². The number of aliphatic hydroxyl groups excluding tert-OH is 1. The number of thioether (sulfide) groups is 1. The zero-order valence-corrected chi connectivity index (χ0v) is 43.0. The van der Waals surface area contributed by atoms with Crippen molar-refractivity contribution in [2.75, 3.05) is 25.1 Å². The number of alkyl halides is 10. The van der Waals surface area contributed by atoms with Gasteiger partial charge in [0.25, 0.3) is 0 Å². The number of anilines is 1. The number of nitrogens with zero attached hydrogens (tertiary/aromatic N) is 4. The average Bonchev–Trinajstić information content (AvgIpc) is 3.87. The Morgan fingerprint density at radius 1 is 0.671 bits per heavy atom. The molecule has 0 bridgehead atoms. The van der Waals surface area contributed by atoms with Gasteiger partial charge in [-0.25, -0.2) is 9.20 Å². The molecule has 0 saturated carbocycles.